The molecule has 0 aliphatic rings. The van der Waals surface area contributed by atoms with Gasteiger partial charge < -0.3 is 10.6 Å². The summed E-state index contributed by atoms with van der Waals surface area (Å²) in [6, 6.07) is 25.1. The predicted molar refractivity (Wildman–Crippen MR) is 131 cm³/mol. The van der Waals surface area contributed by atoms with E-state index in [9.17, 15) is 4.79 Å². The molecule has 0 aliphatic heterocycles. The van der Waals surface area contributed by atoms with Gasteiger partial charge in [-0.15, -0.1) is 10.2 Å². The number of para-hydroxylation sites is 1. The third-order valence-corrected chi connectivity index (χ3v) is 5.86. The third-order valence-electron chi connectivity index (χ3n) is 4.68. The molecule has 6 nitrogen and oxygen atoms in total. The molecule has 8 heteroatoms. The summed E-state index contributed by atoms with van der Waals surface area (Å²) < 4.78 is 1.97. The number of carbonyl (C=O) groups is 1. The lowest BCUT2D eigenvalue weighted by Gasteiger charge is -2.11. The van der Waals surface area contributed by atoms with Crippen LogP contribution in [-0.2, 0) is 11.3 Å². The van der Waals surface area contributed by atoms with Crippen LogP contribution in [0.5, 0.6) is 0 Å². The molecule has 0 spiro atoms. The Balaban J connectivity index is 1.48. The summed E-state index contributed by atoms with van der Waals surface area (Å²) in [5, 5.41) is 16.3. The van der Waals surface area contributed by atoms with Crippen molar-refractivity contribution < 1.29 is 4.79 Å². The normalized spacial score (nSPS) is 10.7. The molecule has 4 aromatic rings. The number of hydrogen-bond donors (Lipinski definition) is 2. The second-order valence-corrected chi connectivity index (χ2v) is 8.51. The molecule has 0 radical (unpaired) electrons. The highest BCUT2D eigenvalue weighted by Gasteiger charge is 2.16. The minimum Gasteiger partial charge on any atom is -0.378 e. The van der Waals surface area contributed by atoms with Crippen molar-refractivity contribution in [2.75, 3.05) is 16.4 Å². The van der Waals surface area contributed by atoms with Crippen molar-refractivity contribution in [2.45, 2.75) is 18.6 Å². The average molecular weight is 464 g/mol. The van der Waals surface area contributed by atoms with E-state index >= 15 is 0 Å². The molecule has 0 saturated carbocycles. The predicted octanol–water partition coefficient (Wildman–Crippen LogP) is 5.57. The first-order chi connectivity index (χ1) is 15.6. The van der Waals surface area contributed by atoms with Gasteiger partial charge in [0, 0.05) is 22.1 Å². The lowest BCUT2D eigenvalue weighted by molar-refractivity contribution is -0.113. The van der Waals surface area contributed by atoms with Crippen LogP contribution in [0.3, 0.4) is 0 Å². The molecule has 0 atom stereocenters. The monoisotopic (exact) mass is 463 g/mol. The molecule has 3 aromatic carbocycles. The number of benzene rings is 3. The van der Waals surface area contributed by atoms with Crippen LogP contribution in [0, 0.1) is 6.92 Å². The highest BCUT2D eigenvalue weighted by atomic mass is 35.5. The topological polar surface area (TPSA) is 71.8 Å². The summed E-state index contributed by atoms with van der Waals surface area (Å²) in [4.78, 5) is 12.4. The van der Waals surface area contributed by atoms with E-state index in [1.54, 1.807) is 24.3 Å². The number of thioether (sulfide) groups is 1. The molecule has 2 N–H and O–H groups in total. The van der Waals surface area contributed by atoms with E-state index in [1.165, 1.54) is 17.3 Å². The Morgan fingerprint density at radius 1 is 0.938 bits per heavy atom. The van der Waals surface area contributed by atoms with E-state index in [-0.39, 0.29) is 11.7 Å². The van der Waals surface area contributed by atoms with E-state index in [0.29, 0.717) is 22.4 Å². The van der Waals surface area contributed by atoms with Crippen LogP contribution >= 0.6 is 23.4 Å². The lowest BCUT2D eigenvalue weighted by Crippen LogP contribution is -2.14. The molecular formula is C24H22ClN5OS. The van der Waals surface area contributed by atoms with Crippen molar-refractivity contribution in [1.29, 1.82) is 0 Å². The van der Waals surface area contributed by atoms with Crippen molar-refractivity contribution >= 4 is 40.6 Å². The van der Waals surface area contributed by atoms with Crippen LogP contribution in [0.1, 0.15) is 11.4 Å². The van der Waals surface area contributed by atoms with Gasteiger partial charge in [-0.25, -0.2) is 0 Å². The van der Waals surface area contributed by atoms with Gasteiger partial charge in [0.05, 0.1) is 12.3 Å². The van der Waals surface area contributed by atoms with Gasteiger partial charge in [-0.1, -0.05) is 59.3 Å². The van der Waals surface area contributed by atoms with Crippen molar-refractivity contribution in [1.82, 2.24) is 14.8 Å². The van der Waals surface area contributed by atoms with E-state index in [1.807, 2.05) is 47.0 Å². The Labute approximate surface area is 196 Å². The first kappa shape index (κ1) is 21.9. The summed E-state index contributed by atoms with van der Waals surface area (Å²) in [6.07, 6.45) is 0. The van der Waals surface area contributed by atoms with Crippen LogP contribution in [0.2, 0.25) is 5.02 Å². The van der Waals surface area contributed by atoms with Crippen LogP contribution < -0.4 is 10.6 Å². The molecule has 0 fully saturated rings. The Hall–Kier alpha value is -3.29. The Morgan fingerprint density at radius 2 is 1.62 bits per heavy atom. The molecule has 1 amide bonds. The summed E-state index contributed by atoms with van der Waals surface area (Å²) >= 11 is 7.24. The molecule has 4 rings (SSSR count). The summed E-state index contributed by atoms with van der Waals surface area (Å²) in [6.45, 7) is 2.56. The maximum Gasteiger partial charge on any atom is 0.234 e. The second-order valence-electron chi connectivity index (χ2n) is 7.13. The lowest BCUT2D eigenvalue weighted by atomic mass is 10.2. The largest absolute Gasteiger partial charge is 0.378 e. The zero-order chi connectivity index (χ0) is 22.3. The number of anilines is 2. The van der Waals surface area contributed by atoms with Crippen molar-refractivity contribution in [3.63, 3.8) is 0 Å². The molecule has 0 aliphatic carbocycles. The zero-order valence-electron chi connectivity index (χ0n) is 17.5. The number of hydrogen-bond acceptors (Lipinski definition) is 5. The minimum absolute atomic E-state index is 0.126. The Bertz CT molecular complexity index is 1180. The fraction of sp³-hybridized carbons (Fsp3) is 0.125. The summed E-state index contributed by atoms with van der Waals surface area (Å²) in [7, 11) is 0. The van der Waals surface area contributed by atoms with Gasteiger partial charge in [-0.2, -0.15) is 0 Å². The van der Waals surface area contributed by atoms with Gasteiger partial charge >= 0.3 is 0 Å². The molecule has 0 saturated heterocycles. The smallest absolute Gasteiger partial charge is 0.234 e. The molecule has 1 heterocycles. The SMILES string of the molecule is Cc1ccc(NCc2nnc(SCC(=O)Nc3ccc(Cl)cc3)n2-c2ccccc2)cc1. The molecular weight excluding hydrogens is 442 g/mol. The van der Waals surface area contributed by atoms with Gasteiger partial charge in [-0.3, -0.25) is 9.36 Å². The summed E-state index contributed by atoms with van der Waals surface area (Å²) in [5.74, 6) is 0.843. The number of aryl methyl sites for hydroxylation is 1. The fourth-order valence-electron chi connectivity index (χ4n) is 3.06. The van der Waals surface area contributed by atoms with Crippen molar-refractivity contribution in [2.24, 2.45) is 0 Å². The molecule has 162 valence electrons. The van der Waals surface area contributed by atoms with Gasteiger partial charge in [0.25, 0.3) is 0 Å². The number of nitrogens with zero attached hydrogens (tertiary/aromatic N) is 3. The van der Waals surface area contributed by atoms with Crippen LogP contribution in [0.15, 0.2) is 84.0 Å². The minimum atomic E-state index is -0.126. The molecule has 1 aromatic heterocycles. The van der Waals surface area contributed by atoms with Gasteiger partial charge in [0.2, 0.25) is 5.91 Å². The van der Waals surface area contributed by atoms with E-state index < -0.39 is 0 Å². The Morgan fingerprint density at radius 3 is 2.34 bits per heavy atom. The third kappa shape index (κ3) is 5.69. The standard InChI is InChI=1S/C24H22ClN5OS/c1-17-7-11-19(12-8-17)26-15-22-28-29-24(30(22)21-5-3-2-4-6-21)32-16-23(31)27-20-13-9-18(25)10-14-20/h2-14,26H,15-16H2,1H3,(H,27,31). The second kappa shape index (κ2) is 10.3. The number of aromatic nitrogens is 3. The van der Waals surface area contributed by atoms with Crippen LogP contribution in [0.25, 0.3) is 5.69 Å². The number of nitrogens with one attached hydrogen (secondary N) is 2. The maximum atomic E-state index is 12.4. The van der Waals surface area contributed by atoms with Gasteiger partial charge in [-0.05, 0) is 55.5 Å². The van der Waals surface area contributed by atoms with Crippen molar-refractivity contribution in [3.05, 3.63) is 95.3 Å². The zero-order valence-corrected chi connectivity index (χ0v) is 19.0. The maximum absolute atomic E-state index is 12.4. The highest BCUT2D eigenvalue weighted by molar-refractivity contribution is 7.99. The summed E-state index contributed by atoms with van der Waals surface area (Å²) in [5.41, 5.74) is 3.86. The average Bonchev–Trinajstić information content (AvgIpc) is 3.22. The quantitative estimate of drug-likeness (QED) is 0.334. The molecule has 0 unspecified atom stereocenters. The number of carbonyl (C=O) groups excluding carboxylic acids is 1. The fourth-order valence-corrected chi connectivity index (χ4v) is 3.95. The Kier molecular flexibility index (Phi) is 7.09. The van der Waals surface area contributed by atoms with Crippen LogP contribution in [0.4, 0.5) is 11.4 Å². The van der Waals surface area contributed by atoms with Gasteiger partial charge in [0.15, 0.2) is 11.0 Å². The van der Waals surface area contributed by atoms with E-state index in [2.05, 4.69) is 39.9 Å². The highest BCUT2D eigenvalue weighted by Crippen LogP contribution is 2.23. The molecule has 0 bridgehead atoms. The van der Waals surface area contributed by atoms with Crippen LogP contribution in [-0.4, -0.2) is 26.4 Å². The number of rotatable bonds is 8. The van der Waals surface area contributed by atoms with E-state index in [0.717, 1.165) is 17.2 Å². The number of halogens is 1. The van der Waals surface area contributed by atoms with Crippen molar-refractivity contribution in [3.8, 4) is 5.69 Å². The number of amides is 1. The first-order valence-corrected chi connectivity index (χ1v) is 11.4. The van der Waals surface area contributed by atoms with E-state index in [4.69, 9.17) is 11.6 Å². The van der Waals surface area contributed by atoms with Gasteiger partial charge in [0.1, 0.15) is 0 Å². The molecule has 32 heavy (non-hydrogen) atoms. The first-order valence-electron chi connectivity index (χ1n) is 10.1.